The molecule has 1 atom stereocenters. The molecule has 0 radical (unpaired) electrons. The summed E-state index contributed by atoms with van der Waals surface area (Å²) >= 11 is 1.97. The van der Waals surface area contributed by atoms with Gasteiger partial charge in [-0.05, 0) is 39.9 Å². The SMILES string of the molecule is CCN(CC)C(=O)C(C)NCC1(SC)CCCC1. The monoisotopic (exact) mass is 272 g/mol. The van der Waals surface area contributed by atoms with Crippen LogP contribution in [0.2, 0.25) is 0 Å². The fraction of sp³-hybridized carbons (Fsp3) is 0.929. The van der Waals surface area contributed by atoms with E-state index in [-0.39, 0.29) is 11.9 Å². The van der Waals surface area contributed by atoms with E-state index in [1.54, 1.807) is 0 Å². The van der Waals surface area contributed by atoms with Crippen molar-refractivity contribution in [3.63, 3.8) is 0 Å². The second kappa shape index (κ2) is 7.39. The largest absolute Gasteiger partial charge is 0.342 e. The number of likely N-dealkylation sites (N-methyl/N-ethyl adjacent to an activating group) is 1. The molecule has 0 aliphatic heterocycles. The summed E-state index contributed by atoms with van der Waals surface area (Å²) in [6.07, 6.45) is 7.44. The van der Waals surface area contributed by atoms with E-state index in [0.29, 0.717) is 4.75 Å². The maximum absolute atomic E-state index is 12.2. The van der Waals surface area contributed by atoms with Gasteiger partial charge in [-0.2, -0.15) is 11.8 Å². The van der Waals surface area contributed by atoms with Gasteiger partial charge in [0.1, 0.15) is 0 Å². The molecule has 1 fully saturated rings. The van der Waals surface area contributed by atoms with Gasteiger partial charge in [0.05, 0.1) is 6.04 Å². The lowest BCUT2D eigenvalue weighted by atomic mass is 10.1. The van der Waals surface area contributed by atoms with Gasteiger partial charge in [0.2, 0.25) is 5.91 Å². The summed E-state index contributed by atoms with van der Waals surface area (Å²) in [7, 11) is 0. The molecule has 0 aromatic carbocycles. The maximum atomic E-state index is 12.2. The average molecular weight is 272 g/mol. The van der Waals surface area contributed by atoms with Crippen LogP contribution in [0.5, 0.6) is 0 Å². The van der Waals surface area contributed by atoms with Crippen LogP contribution in [-0.2, 0) is 4.79 Å². The second-order valence-corrected chi connectivity index (χ2v) is 6.48. The number of thioether (sulfide) groups is 1. The van der Waals surface area contributed by atoms with Crippen molar-refractivity contribution in [3.8, 4) is 0 Å². The number of carbonyl (C=O) groups excluding carboxylic acids is 1. The number of hydrogen-bond acceptors (Lipinski definition) is 3. The number of carbonyl (C=O) groups is 1. The highest BCUT2D eigenvalue weighted by Crippen LogP contribution is 2.39. The van der Waals surface area contributed by atoms with Crippen molar-refractivity contribution in [2.75, 3.05) is 25.9 Å². The molecular weight excluding hydrogens is 244 g/mol. The van der Waals surface area contributed by atoms with Crippen molar-refractivity contribution in [3.05, 3.63) is 0 Å². The van der Waals surface area contributed by atoms with E-state index in [9.17, 15) is 4.79 Å². The van der Waals surface area contributed by atoms with Gasteiger partial charge in [0, 0.05) is 24.4 Å². The zero-order chi connectivity index (χ0) is 13.6. The summed E-state index contributed by atoms with van der Waals surface area (Å²) < 4.78 is 0.373. The molecule has 0 aromatic heterocycles. The molecule has 1 rings (SSSR count). The molecule has 1 saturated carbocycles. The zero-order valence-electron chi connectivity index (χ0n) is 12.3. The minimum Gasteiger partial charge on any atom is -0.342 e. The first kappa shape index (κ1) is 15.8. The highest BCUT2D eigenvalue weighted by molar-refractivity contribution is 8.00. The summed E-state index contributed by atoms with van der Waals surface area (Å²) in [6, 6.07) is -0.0606. The number of rotatable bonds is 7. The third-order valence-corrected chi connectivity index (χ3v) is 5.54. The molecule has 1 unspecified atom stereocenters. The van der Waals surface area contributed by atoms with Crippen molar-refractivity contribution in [2.24, 2.45) is 0 Å². The van der Waals surface area contributed by atoms with Crippen LogP contribution in [-0.4, -0.2) is 47.5 Å². The number of nitrogens with one attached hydrogen (secondary N) is 1. The molecule has 1 aliphatic rings. The van der Waals surface area contributed by atoms with E-state index in [1.807, 2.05) is 37.4 Å². The smallest absolute Gasteiger partial charge is 0.239 e. The zero-order valence-corrected chi connectivity index (χ0v) is 13.1. The lowest BCUT2D eigenvalue weighted by Crippen LogP contribution is -2.48. The molecule has 3 nitrogen and oxygen atoms in total. The first-order valence-electron chi connectivity index (χ1n) is 7.16. The molecule has 0 spiro atoms. The molecular formula is C14H28N2OS. The number of nitrogens with zero attached hydrogens (tertiary/aromatic N) is 1. The van der Waals surface area contributed by atoms with Gasteiger partial charge in [-0.1, -0.05) is 12.8 Å². The van der Waals surface area contributed by atoms with Gasteiger partial charge in [0.25, 0.3) is 0 Å². The molecule has 18 heavy (non-hydrogen) atoms. The Hall–Kier alpha value is -0.220. The van der Waals surface area contributed by atoms with Crippen LogP contribution >= 0.6 is 11.8 Å². The van der Waals surface area contributed by atoms with Gasteiger partial charge < -0.3 is 10.2 Å². The highest BCUT2D eigenvalue weighted by atomic mass is 32.2. The lowest BCUT2D eigenvalue weighted by Gasteiger charge is -2.30. The van der Waals surface area contributed by atoms with Gasteiger partial charge >= 0.3 is 0 Å². The van der Waals surface area contributed by atoms with Crippen molar-refractivity contribution in [1.82, 2.24) is 10.2 Å². The van der Waals surface area contributed by atoms with Crippen LogP contribution < -0.4 is 5.32 Å². The average Bonchev–Trinajstić information content (AvgIpc) is 2.86. The van der Waals surface area contributed by atoms with Crippen molar-refractivity contribution >= 4 is 17.7 Å². The Labute approximate surface area is 116 Å². The molecule has 4 heteroatoms. The third kappa shape index (κ3) is 3.89. The topological polar surface area (TPSA) is 32.3 Å². The van der Waals surface area contributed by atoms with Crippen LogP contribution in [0.25, 0.3) is 0 Å². The van der Waals surface area contributed by atoms with E-state index in [1.165, 1.54) is 25.7 Å². The molecule has 0 bridgehead atoms. The van der Waals surface area contributed by atoms with Gasteiger partial charge in [0.15, 0.2) is 0 Å². The van der Waals surface area contributed by atoms with Gasteiger partial charge in [-0.3, -0.25) is 4.79 Å². The fourth-order valence-corrected chi connectivity index (χ4v) is 3.63. The summed E-state index contributed by atoms with van der Waals surface area (Å²) in [6.45, 7) is 8.62. The number of hydrogen-bond donors (Lipinski definition) is 1. The standard InChI is InChI=1S/C14H28N2OS/c1-5-16(6-2)13(17)12(3)15-11-14(18-4)9-7-8-10-14/h12,15H,5-11H2,1-4H3. The van der Waals surface area contributed by atoms with Crippen LogP contribution in [0.3, 0.4) is 0 Å². The van der Waals surface area contributed by atoms with Crippen molar-refractivity contribution in [2.45, 2.75) is 57.2 Å². The Morgan fingerprint density at radius 2 is 1.89 bits per heavy atom. The second-order valence-electron chi connectivity index (χ2n) is 5.21. The molecule has 1 amide bonds. The highest BCUT2D eigenvalue weighted by Gasteiger charge is 2.33. The Kier molecular flexibility index (Phi) is 6.50. The summed E-state index contributed by atoms with van der Waals surface area (Å²) in [4.78, 5) is 14.1. The Morgan fingerprint density at radius 3 is 2.33 bits per heavy atom. The minimum absolute atomic E-state index is 0.0606. The van der Waals surface area contributed by atoms with Crippen molar-refractivity contribution < 1.29 is 4.79 Å². The molecule has 106 valence electrons. The summed E-state index contributed by atoms with van der Waals surface area (Å²) in [5.41, 5.74) is 0. The molecule has 0 saturated heterocycles. The van der Waals surface area contributed by atoms with E-state index < -0.39 is 0 Å². The quantitative estimate of drug-likeness (QED) is 0.773. The van der Waals surface area contributed by atoms with E-state index >= 15 is 0 Å². The van der Waals surface area contributed by atoms with E-state index in [4.69, 9.17) is 0 Å². The van der Waals surface area contributed by atoms with Crippen LogP contribution in [0.15, 0.2) is 0 Å². The predicted octanol–water partition coefficient (Wildman–Crippen LogP) is 2.51. The van der Waals surface area contributed by atoms with Crippen LogP contribution in [0.1, 0.15) is 46.5 Å². The minimum atomic E-state index is -0.0606. The predicted molar refractivity (Wildman–Crippen MR) is 80.1 cm³/mol. The van der Waals surface area contributed by atoms with Crippen LogP contribution in [0, 0.1) is 0 Å². The molecule has 0 heterocycles. The Morgan fingerprint density at radius 1 is 1.33 bits per heavy atom. The molecule has 0 aromatic rings. The van der Waals surface area contributed by atoms with Gasteiger partial charge in [-0.25, -0.2) is 0 Å². The van der Waals surface area contributed by atoms with Crippen molar-refractivity contribution in [1.29, 1.82) is 0 Å². The van der Waals surface area contributed by atoms with Crippen LogP contribution in [0.4, 0.5) is 0 Å². The lowest BCUT2D eigenvalue weighted by molar-refractivity contribution is -0.132. The molecule has 1 N–H and O–H groups in total. The first-order chi connectivity index (χ1) is 8.58. The summed E-state index contributed by atoms with van der Waals surface area (Å²) in [5, 5.41) is 3.45. The van der Waals surface area contributed by atoms with E-state index in [0.717, 1.165) is 19.6 Å². The van der Waals surface area contributed by atoms with Gasteiger partial charge in [-0.15, -0.1) is 0 Å². The normalized spacial score (nSPS) is 19.8. The first-order valence-corrected chi connectivity index (χ1v) is 8.38. The third-order valence-electron chi connectivity index (χ3n) is 4.12. The Bertz CT molecular complexity index is 261. The maximum Gasteiger partial charge on any atom is 0.239 e. The number of amides is 1. The Balaban J connectivity index is 2.44. The fourth-order valence-electron chi connectivity index (χ4n) is 2.71. The van der Waals surface area contributed by atoms with E-state index in [2.05, 4.69) is 11.6 Å². The molecule has 1 aliphatic carbocycles. The summed E-state index contributed by atoms with van der Waals surface area (Å²) in [5.74, 6) is 0.231.